The summed E-state index contributed by atoms with van der Waals surface area (Å²) < 4.78 is 4.86. The standard InChI is InChI=1S/C16H20ClNO3/c1-21-16(20)12-7-3-2-6-11(12)10-18-15(19)13-8-4-5-9-14(13)17/h4-5,8-9,11-12H,2-3,6-7,10H2,1H3,(H,18,19). The normalized spacial score (nSPS) is 21.6. The Morgan fingerprint density at radius 3 is 2.71 bits per heavy atom. The summed E-state index contributed by atoms with van der Waals surface area (Å²) in [5.41, 5.74) is 0.463. The summed E-state index contributed by atoms with van der Waals surface area (Å²) in [5.74, 6) is -0.352. The van der Waals surface area contributed by atoms with Gasteiger partial charge in [-0.05, 0) is 30.9 Å². The minimum atomic E-state index is -0.199. The number of carbonyl (C=O) groups excluding carboxylic acids is 2. The summed E-state index contributed by atoms with van der Waals surface area (Å²) in [6.45, 7) is 0.476. The van der Waals surface area contributed by atoms with Gasteiger partial charge in [-0.3, -0.25) is 9.59 Å². The smallest absolute Gasteiger partial charge is 0.309 e. The molecule has 0 spiro atoms. The average molecular weight is 310 g/mol. The number of amides is 1. The summed E-state index contributed by atoms with van der Waals surface area (Å²) in [6, 6.07) is 6.94. The largest absolute Gasteiger partial charge is 0.469 e. The van der Waals surface area contributed by atoms with E-state index in [2.05, 4.69) is 5.32 Å². The molecule has 2 unspecified atom stereocenters. The van der Waals surface area contributed by atoms with E-state index in [1.54, 1.807) is 24.3 Å². The maximum atomic E-state index is 12.1. The van der Waals surface area contributed by atoms with Gasteiger partial charge in [-0.2, -0.15) is 0 Å². The number of hydrogen-bond acceptors (Lipinski definition) is 3. The summed E-state index contributed by atoms with van der Waals surface area (Å²) in [4.78, 5) is 23.9. The molecular weight excluding hydrogens is 290 g/mol. The minimum Gasteiger partial charge on any atom is -0.469 e. The lowest BCUT2D eigenvalue weighted by molar-refractivity contribution is -0.148. The van der Waals surface area contributed by atoms with Gasteiger partial charge in [-0.15, -0.1) is 0 Å². The summed E-state index contributed by atoms with van der Waals surface area (Å²) >= 11 is 6.01. The Balaban J connectivity index is 1.96. The number of nitrogens with one attached hydrogen (secondary N) is 1. The van der Waals surface area contributed by atoms with Crippen LogP contribution in [0.3, 0.4) is 0 Å². The van der Waals surface area contributed by atoms with Gasteiger partial charge in [-0.25, -0.2) is 0 Å². The molecule has 5 heteroatoms. The molecule has 1 aromatic rings. The quantitative estimate of drug-likeness (QED) is 0.870. The van der Waals surface area contributed by atoms with Crippen molar-refractivity contribution in [3.05, 3.63) is 34.9 Å². The molecule has 1 aromatic carbocycles. The van der Waals surface area contributed by atoms with Crippen LogP contribution in [0.25, 0.3) is 0 Å². The third-order valence-corrected chi connectivity index (χ3v) is 4.39. The highest BCUT2D eigenvalue weighted by atomic mass is 35.5. The van der Waals surface area contributed by atoms with E-state index in [0.29, 0.717) is 17.1 Å². The van der Waals surface area contributed by atoms with Crippen molar-refractivity contribution in [2.45, 2.75) is 25.7 Å². The first-order valence-electron chi connectivity index (χ1n) is 7.24. The SMILES string of the molecule is COC(=O)C1CCCCC1CNC(=O)c1ccccc1Cl. The van der Waals surface area contributed by atoms with E-state index in [-0.39, 0.29) is 23.7 Å². The molecular formula is C16H20ClNO3. The lowest BCUT2D eigenvalue weighted by atomic mass is 9.79. The Kier molecular flexibility index (Phi) is 5.62. The molecule has 1 aliphatic rings. The highest BCUT2D eigenvalue weighted by Gasteiger charge is 2.31. The lowest BCUT2D eigenvalue weighted by Crippen LogP contribution is -2.37. The molecule has 1 saturated carbocycles. The molecule has 0 radical (unpaired) electrons. The molecule has 0 aromatic heterocycles. The third kappa shape index (κ3) is 3.97. The van der Waals surface area contributed by atoms with Crippen LogP contribution in [0.5, 0.6) is 0 Å². The first-order valence-corrected chi connectivity index (χ1v) is 7.62. The molecule has 114 valence electrons. The Bertz CT molecular complexity index is 518. The van der Waals surface area contributed by atoms with Crippen LogP contribution in [0.4, 0.5) is 0 Å². The molecule has 1 fully saturated rings. The van der Waals surface area contributed by atoms with Gasteiger partial charge in [0.15, 0.2) is 0 Å². The van der Waals surface area contributed by atoms with Crippen LogP contribution in [0.1, 0.15) is 36.0 Å². The summed E-state index contributed by atoms with van der Waals surface area (Å²) in [6.07, 6.45) is 3.89. The van der Waals surface area contributed by atoms with Crippen LogP contribution < -0.4 is 5.32 Å². The number of benzene rings is 1. The second-order valence-electron chi connectivity index (χ2n) is 5.36. The molecule has 4 nitrogen and oxygen atoms in total. The number of ether oxygens (including phenoxy) is 1. The number of carbonyl (C=O) groups is 2. The fraction of sp³-hybridized carbons (Fsp3) is 0.500. The number of halogens is 1. The maximum absolute atomic E-state index is 12.1. The molecule has 21 heavy (non-hydrogen) atoms. The van der Waals surface area contributed by atoms with Gasteiger partial charge in [0, 0.05) is 6.54 Å². The third-order valence-electron chi connectivity index (χ3n) is 4.06. The van der Waals surface area contributed by atoms with Crippen molar-refractivity contribution >= 4 is 23.5 Å². The molecule has 0 bridgehead atoms. The van der Waals surface area contributed by atoms with E-state index in [4.69, 9.17) is 16.3 Å². The Hall–Kier alpha value is -1.55. The van der Waals surface area contributed by atoms with E-state index < -0.39 is 0 Å². The molecule has 2 atom stereocenters. The van der Waals surface area contributed by atoms with Crippen molar-refractivity contribution in [1.82, 2.24) is 5.32 Å². The predicted octanol–water partition coefficient (Wildman–Crippen LogP) is 3.05. The van der Waals surface area contributed by atoms with Crippen molar-refractivity contribution in [2.24, 2.45) is 11.8 Å². The van der Waals surface area contributed by atoms with E-state index in [0.717, 1.165) is 25.7 Å². The van der Waals surface area contributed by atoms with Crippen molar-refractivity contribution < 1.29 is 14.3 Å². The van der Waals surface area contributed by atoms with Gasteiger partial charge in [0.1, 0.15) is 0 Å². The molecule has 0 aliphatic heterocycles. The average Bonchev–Trinajstić information content (AvgIpc) is 2.52. The summed E-state index contributed by atoms with van der Waals surface area (Å²) in [7, 11) is 1.41. The number of hydrogen-bond donors (Lipinski definition) is 1. The number of esters is 1. The Morgan fingerprint density at radius 2 is 2.00 bits per heavy atom. The van der Waals surface area contributed by atoms with Crippen LogP contribution in [-0.2, 0) is 9.53 Å². The number of rotatable bonds is 4. The van der Waals surface area contributed by atoms with Gasteiger partial charge in [0.25, 0.3) is 5.91 Å². The molecule has 1 N–H and O–H groups in total. The topological polar surface area (TPSA) is 55.4 Å². The van der Waals surface area contributed by atoms with Crippen LogP contribution in [-0.4, -0.2) is 25.5 Å². The fourth-order valence-corrected chi connectivity index (χ4v) is 3.10. The van der Waals surface area contributed by atoms with Crippen molar-refractivity contribution in [2.75, 3.05) is 13.7 Å². The van der Waals surface area contributed by atoms with E-state index in [1.807, 2.05) is 0 Å². The highest BCUT2D eigenvalue weighted by molar-refractivity contribution is 6.33. The molecule has 0 saturated heterocycles. The summed E-state index contributed by atoms with van der Waals surface area (Å²) in [5, 5.41) is 3.32. The van der Waals surface area contributed by atoms with Gasteiger partial charge >= 0.3 is 5.97 Å². The van der Waals surface area contributed by atoms with Crippen molar-refractivity contribution in [3.63, 3.8) is 0 Å². The second kappa shape index (κ2) is 7.46. The van der Waals surface area contributed by atoms with Crippen LogP contribution in [0, 0.1) is 11.8 Å². The monoisotopic (exact) mass is 309 g/mol. The molecule has 1 aliphatic carbocycles. The van der Waals surface area contributed by atoms with Crippen LogP contribution in [0.15, 0.2) is 24.3 Å². The van der Waals surface area contributed by atoms with Crippen molar-refractivity contribution in [3.8, 4) is 0 Å². The maximum Gasteiger partial charge on any atom is 0.309 e. The molecule has 1 amide bonds. The van der Waals surface area contributed by atoms with Crippen LogP contribution >= 0.6 is 11.6 Å². The zero-order valence-electron chi connectivity index (χ0n) is 12.1. The fourth-order valence-electron chi connectivity index (χ4n) is 2.88. The first kappa shape index (κ1) is 15.8. The Labute approximate surface area is 129 Å². The van der Waals surface area contributed by atoms with E-state index in [1.165, 1.54) is 7.11 Å². The van der Waals surface area contributed by atoms with Gasteiger partial charge in [0.05, 0.1) is 23.6 Å². The van der Waals surface area contributed by atoms with E-state index >= 15 is 0 Å². The van der Waals surface area contributed by atoms with Gasteiger partial charge < -0.3 is 10.1 Å². The minimum absolute atomic E-state index is 0.115. The highest BCUT2D eigenvalue weighted by Crippen LogP contribution is 2.30. The molecule has 0 heterocycles. The number of methoxy groups -OCH3 is 1. The van der Waals surface area contributed by atoms with Crippen molar-refractivity contribution in [1.29, 1.82) is 0 Å². The Morgan fingerprint density at radius 1 is 1.29 bits per heavy atom. The van der Waals surface area contributed by atoms with Gasteiger partial charge in [-0.1, -0.05) is 36.6 Å². The second-order valence-corrected chi connectivity index (χ2v) is 5.77. The first-order chi connectivity index (χ1) is 10.1. The van der Waals surface area contributed by atoms with E-state index in [9.17, 15) is 9.59 Å². The zero-order valence-corrected chi connectivity index (χ0v) is 12.9. The predicted molar refractivity (Wildman–Crippen MR) is 81.2 cm³/mol. The van der Waals surface area contributed by atoms with Gasteiger partial charge in [0.2, 0.25) is 0 Å². The molecule has 2 rings (SSSR count). The van der Waals surface area contributed by atoms with Crippen LogP contribution in [0.2, 0.25) is 5.02 Å². The lowest BCUT2D eigenvalue weighted by Gasteiger charge is -2.29. The zero-order chi connectivity index (χ0) is 15.2.